The van der Waals surface area contributed by atoms with Crippen LogP contribution < -0.4 is 5.32 Å². The maximum absolute atomic E-state index is 6.19. The summed E-state index contributed by atoms with van der Waals surface area (Å²) in [5, 5.41) is 4.29. The van der Waals surface area contributed by atoms with Crippen molar-refractivity contribution in [1.82, 2.24) is 5.32 Å². The summed E-state index contributed by atoms with van der Waals surface area (Å²) in [6.45, 7) is 2.26. The van der Waals surface area contributed by atoms with E-state index < -0.39 is 0 Å². The summed E-state index contributed by atoms with van der Waals surface area (Å²) in [5.41, 5.74) is 2.82. The lowest BCUT2D eigenvalue weighted by atomic mass is 9.80. The van der Waals surface area contributed by atoms with Crippen LogP contribution in [0.5, 0.6) is 0 Å². The summed E-state index contributed by atoms with van der Waals surface area (Å²) in [7, 11) is 2.04. The molecule has 0 saturated carbocycles. The second-order valence-electron chi connectivity index (χ2n) is 4.46. The van der Waals surface area contributed by atoms with Crippen LogP contribution in [0.4, 0.5) is 0 Å². The van der Waals surface area contributed by atoms with Crippen LogP contribution in [-0.2, 0) is 12.8 Å². The van der Waals surface area contributed by atoms with Crippen molar-refractivity contribution in [3.63, 3.8) is 0 Å². The maximum atomic E-state index is 6.19. The number of rotatable bonds is 2. The molecule has 1 aliphatic rings. The van der Waals surface area contributed by atoms with E-state index in [1.54, 1.807) is 0 Å². The quantitative estimate of drug-likeness (QED) is 0.813. The topological polar surface area (TPSA) is 12.0 Å². The van der Waals surface area contributed by atoms with Gasteiger partial charge in [0.25, 0.3) is 0 Å². The largest absolute Gasteiger partial charge is 0.317 e. The Morgan fingerprint density at radius 1 is 1.47 bits per heavy atom. The van der Waals surface area contributed by atoms with E-state index in [1.165, 1.54) is 17.5 Å². The third kappa shape index (κ3) is 2.19. The van der Waals surface area contributed by atoms with Gasteiger partial charge >= 0.3 is 0 Å². The first-order valence-electron chi connectivity index (χ1n) is 5.66. The Balaban J connectivity index is 2.20. The molecule has 0 fully saturated rings. The van der Waals surface area contributed by atoms with Gasteiger partial charge in [-0.25, -0.2) is 0 Å². The van der Waals surface area contributed by atoms with E-state index in [0.717, 1.165) is 23.8 Å². The van der Waals surface area contributed by atoms with E-state index in [1.807, 2.05) is 13.1 Å². The molecule has 15 heavy (non-hydrogen) atoms. The average Bonchev–Trinajstić information content (AvgIpc) is 2.28. The summed E-state index contributed by atoms with van der Waals surface area (Å²) >= 11 is 6.19. The van der Waals surface area contributed by atoms with E-state index in [0.29, 0.717) is 6.04 Å². The minimum Gasteiger partial charge on any atom is -0.317 e. The van der Waals surface area contributed by atoms with E-state index >= 15 is 0 Å². The molecule has 0 aliphatic heterocycles. The zero-order valence-electron chi connectivity index (χ0n) is 9.39. The highest BCUT2D eigenvalue weighted by molar-refractivity contribution is 6.31. The molecule has 2 unspecified atom stereocenters. The van der Waals surface area contributed by atoms with Gasteiger partial charge in [0, 0.05) is 11.1 Å². The molecule has 1 aromatic carbocycles. The second kappa shape index (κ2) is 4.54. The maximum Gasteiger partial charge on any atom is 0.0440 e. The summed E-state index contributed by atoms with van der Waals surface area (Å²) in [6, 6.07) is 6.88. The molecule has 82 valence electrons. The monoisotopic (exact) mass is 223 g/mol. The van der Waals surface area contributed by atoms with Crippen LogP contribution in [0.15, 0.2) is 18.2 Å². The van der Waals surface area contributed by atoms with Crippen molar-refractivity contribution < 1.29 is 0 Å². The number of benzene rings is 1. The van der Waals surface area contributed by atoms with Crippen LogP contribution in [0.1, 0.15) is 24.5 Å². The fourth-order valence-electron chi connectivity index (χ4n) is 2.45. The Hall–Kier alpha value is -0.530. The molecule has 1 aromatic rings. The Morgan fingerprint density at radius 2 is 2.27 bits per heavy atom. The van der Waals surface area contributed by atoms with Gasteiger partial charge in [0.05, 0.1) is 0 Å². The molecule has 0 spiro atoms. The van der Waals surface area contributed by atoms with Crippen LogP contribution >= 0.6 is 11.6 Å². The minimum absolute atomic E-state index is 0.595. The smallest absolute Gasteiger partial charge is 0.0440 e. The van der Waals surface area contributed by atoms with Crippen molar-refractivity contribution in [2.45, 2.75) is 32.2 Å². The number of fused-ring (bicyclic) bond motifs is 1. The van der Waals surface area contributed by atoms with Gasteiger partial charge in [0.1, 0.15) is 0 Å². The van der Waals surface area contributed by atoms with Gasteiger partial charge in [-0.05, 0) is 56.3 Å². The zero-order chi connectivity index (χ0) is 10.8. The molecule has 2 rings (SSSR count). The van der Waals surface area contributed by atoms with E-state index in [4.69, 9.17) is 11.6 Å². The van der Waals surface area contributed by atoms with E-state index in [2.05, 4.69) is 24.4 Å². The molecule has 2 atom stereocenters. The summed E-state index contributed by atoms with van der Waals surface area (Å²) in [4.78, 5) is 0. The van der Waals surface area contributed by atoms with Crippen molar-refractivity contribution in [3.05, 3.63) is 34.3 Å². The van der Waals surface area contributed by atoms with Gasteiger partial charge in [-0.15, -0.1) is 0 Å². The first-order valence-corrected chi connectivity index (χ1v) is 6.03. The lowest BCUT2D eigenvalue weighted by Gasteiger charge is -2.29. The highest BCUT2D eigenvalue weighted by Gasteiger charge is 2.23. The van der Waals surface area contributed by atoms with Gasteiger partial charge in [-0.3, -0.25) is 0 Å². The van der Waals surface area contributed by atoms with Crippen LogP contribution in [0, 0.1) is 5.92 Å². The third-order valence-corrected chi connectivity index (χ3v) is 3.98. The number of hydrogen-bond donors (Lipinski definition) is 1. The fraction of sp³-hybridized carbons (Fsp3) is 0.538. The molecule has 0 aromatic heterocycles. The van der Waals surface area contributed by atoms with E-state index in [9.17, 15) is 0 Å². The van der Waals surface area contributed by atoms with Crippen LogP contribution in [0.3, 0.4) is 0 Å². The predicted octanol–water partition coefficient (Wildman–Crippen LogP) is 3.05. The molecule has 0 amide bonds. The number of nitrogens with one attached hydrogen (secondary N) is 1. The van der Waals surface area contributed by atoms with Gasteiger partial charge < -0.3 is 5.32 Å². The molecule has 0 radical (unpaired) electrons. The van der Waals surface area contributed by atoms with Gasteiger partial charge in [-0.2, -0.15) is 0 Å². The highest BCUT2D eigenvalue weighted by atomic mass is 35.5. The molecule has 0 saturated heterocycles. The number of hydrogen-bond acceptors (Lipinski definition) is 1. The normalized spacial score (nSPS) is 22.2. The third-order valence-electron chi connectivity index (χ3n) is 3.63. The van der Waals surface area contributed by atoms with Gasteiger partial charge in [-0.1, -0.05) is 23.7 Å². The predicted molar refractivity (Wildman–Crippen MR) is 65.5 cm³/mol. The van der Waals surface area contributed by atoms with Crippen molar-refractivity contribution in [2.24, 2.45) is 5.92 Å². The lowest BCUT2D eigenvalue weighted by molar-refractivity contribution is 0.354. The van der Waals surface area contributed by atoms with Gasteiger partial charge in [0.2, 0.25) is 0 Å². The molecular weight excluding hydrogens is 206 g/mol. The lowest BCUT2D eigenvalue weighted by Crippen LogP contribution is -2.34. The van der Waals surface area contributed by atoms with Crippen molar-refractivity contribution >= 4 is 11.6 Å². The fourth-order valence-corrected chi connectivity index (χ4v) is 2.74. The summed E-state index contributed by atoms with van der Waals surface area (Å²) in [6.07, 6.45) is 3.54. The molecule has 1 nitrogen and oxygen atoms in total. The second-order valence-corrected chi connectivity index (χ2v) is 4.86. The highest BCUT2D eigenvalue weighted by Crippen LogP contribution is 2.31. The molecule has 0 heterocycles. The first-order chi connectivity index (χ1) is 7.22. The molecular formula is C13H18ClN. The SMILES string of the molecule is CNC(C)C1CCc2c(Cl)cccc2C1. The Bertz CT molecular complexity index is 348. The minimum atomic E-state index is 0.595. The van der Waals surface area contributed by atoms with Gasteiger partial charge in [0.15, 0.2) is 0 Å². The molecule has 2 heteroatoms. The molecule has 1 aliphatic carbocycles. The van der Waals surface area contributed by atoms with E-state index in [-0.39, 0.29) is 0 Å². The Morgan fingerprint density at radius 3 is 3.00 bits per heavy atom. The summed E-state index contributed by atoms with van der Waals surface area (Å²) in [5.74, 6) is 0.751. The summed E-state index contributed by atoms with van der Waals surface area (Å²) < 4.78 is 0. The molecule has 1 N–H and O–H groups in total. The van der Waals surface area contributed by atoms with Crippen molar-refractivity contribution in [2.75, 3.05) is 7.05 Å². The Labute approximate surface area is 96.8 Å². The van der Waals surface area contributed by atoms with Crippen molar-refractivity contribution in [1.29, 1.82) is 0 Å². The zero-order valence-corrected chi connectivity index (χ0v) is 10.1. The first kappa shape index (κ1) is 11.0. The van der Waals surface area contributed by atoms with Crippen LogP contribution in [-0.4, -0.2) is 13.1 Å². The average molecular weight is 224 g/mol. The molecule has 0 bridgehead atoms. The van der Waals surface area contributed by atoms with Crippen LogP contribution in [0.25, 0.3) is 0 Å². The Kier molecular flexibility index (Phi) is 3.32. The standard InChI is InChI=1S/C13H18ClN/c1-9(15-2)10-6-7-12-11(8-10)4-3-5-13(12)14/h3-5,9-10,15H,6-8H2,1-2H3. The number of halogens is 1. The van der Waals surface area contributed by atoms with Crippen molar-refractivity contribution in [3.8, 4) is 0 Å². The van der Waals surface area contributed by atoms with Crippen LogP contribution in [0.2, 0.25) is 5.02 Å².